The summed E-state index contributed by atoms with van der Waals surface area (Å²) in [6.07, 6.45) is 3.26. The van der Waals surface area contributed by atoms with Crippen molar-refractivity contribution >= 4 is 17.6 Å². The Hall–Kier alpha value is -3.55. The number of rotatable bonds is 7. The summed E-state index contributed by atoms with van der Waals surface area (Å²) in [5.74, 6) is -0.640. The van der Waals surface area contributed by atoms with E-state index in [1.807, 2.05) is 6.92 Å². The summed E-state index contributed by atoms with van der Waals surface area (Å²) < 4.78 is 6.63. The molecule has 0 bridgehead atoms. The minimum atomic E-state index is -0.365. The maximum absolute atomic E-state index is 12.5. The van der Waals surface area contributed by atoms with Crippen molar-refractivity contribution in [1.29, 1.82) is 0 Å². The van der Waals surface area contributed by atoms with Gasteiger partial charge in [0.1, 0.15) is 6.33 Å². The Kier molecular flexibility index (Phi) is 5.88. The molecule has 8 nitrogen and oxygen atoms in total. The molecule has 0 unspecified atom stereocenters. The molecule has 1 aromatic heterocycles. The van der Waals surface area contributed by atoms with Crippen molar-refractivity contribution in [2.24, 2.45) is 0 Å². The van der Waals surface area contributed by atoms with Crippen LogP contribution in [0.3, 0.4) is 0 Å². The number of carbonyl (C=O) groups excluding carboxylic acids is 2. The molecular weight excluding hydrogens is 346 g/mol. The zero-order valence-corrected chi connectivity index (χ0v) is 14.8. The molecule has 1 amide bonds. The third-order valence-corrected chi connectivity index (χ3v) is 3.83. The number of aromatic nitrogens is 4. The first-order chi connectivity index (χ1) is 13.2. The van der Waals surface area contributed by atoms with E-state index >= 15 is 0 Å². The van der Waals surface area contributed by atoms with Crippen molar-refractivity contribution in [2.75, 3.05) is 11.9 Å². The summed E-state index contributed by atoms with van der Waals surface area (Å²) >= 11 is 0. The largest absolute Gasteiger partial charge is 0.462 e. The highest BCUT2D eigenvalue weighted by Gasteiger charge is 2.10. The number of benzene rings is 2. The van der Waals surface area contributed by atoms with Crippen molar-refractivity contribution in [1.82, 2.24) is 20.2 Å². The fourth-order valence-corrected chi connectivity index (χ4v) is 2.35. The quantitative estimate of drug-likeness (QED) is 0.510. The molecule has 0 aliphatic rings. The molecule has 0 atom stereocenters. The lowest BCUT2D eigenvalue weighted by molar-refractivity contribution is 0.0499. The normalized spacial score (nSPS) is 10.4. The van der Waals surface area contributed by atoms with Gasteiger partial charge in [-0.3, -0.25) is 4.79 Å². The molecule has 138 valence electrons. The molecule has 0 saturated heterocycles. The topological polar surface area (TPSA) is 99.0 Å². The molecule has 2 aromatic carbocycles. The molecule has 3 aromatic rings. The number of esters is 1. The Bertz CT molecular complexity index is 907. The number of ether oxygens (including phenoxy) is 1. The lowest BCUT2D eigenvalue weighted by Crippen LogP contribution is -2.13. The Labute approximate surface area is 156 Å². The lowest BCUT2D eigenvalue weighted by Gasteiger charge is -2.08. The second-order valence-corrected chi connectivity index (χ2v) is 5.83. The summed E-state index contributed by atoms with van der Waals surface area (Å²) in [4.78, 5) is 24.4. The average molecular weight is 365 g/mol. The second kappa shape index (κ2) is 8.70. The number of tetrazole rings is 1. The van der Waals surface area contributed by atoms with Crippen LogP contribution in [0, 0.1) is 0 Å². The van der Waals surface area contributed by atoms with E-state index in [4.69, 9.17) is 4.74 Å². The monoisotopic (exact) mass is 365 g/mol. The minimum absolute atomic E-state index is 0.275. The Morgan fingerprint density at radius 3 is 2.63 bits per heavy atom. The highest BCUT2D eigenvalue weighted by atomic mass is 16.5. The molecule has 27 heavy (non-hydrogen) atoms. The third-order valence-electron chi connectivity index (χ3n) is 3.83. The van der Waals surface area contributed by atoms with Gasteiger partial charge in [0, 0.05) is 11.3 Å². The Balaban J connectivity index is 1.64. The molecule has 0 saturated carbocycles. The summed E-state index contributed by atoms with van der Waals surface area (Å²) in [5, 5.41) is 13.8. The predicted octanol–water partition coefficient (Wildman–Crippen LogP) is 2.87. The molecule has 8 heteroatoms. The SMILES string of the molecule is CCCCOC(=O)c1ccc(NC(=O)c2cccc(-n3cnnn3)c2)cc1. The van der Waals surface area contributed by atoms with Crippen molar-refractivity contribution in [3.8, 4) is 5.69 Å². The first-order valence-electron chi connectivity index (χ1n) is 8.59. The fraction of sp³-hybridized carbons (Fsp3) is 0.211. The van der Waals surface area contributed by atoms with Gasteiger partial charge in [-0.25, -0.2) is 9.48 Å². The van der Waals surface area contributed by atoms with E-state index in [9.17, 15) is 9.59 Å². The van der Waals surface area contributed by atoms with Crippen molar-refractivity contribution < 1.29 is 14.3 Å². The van der Waals surface area contributed by atoms with Gasteiger partial charge in [0.2, 0.25) is 0 Å². The van der Waals surface area contributed by atoms with E-state index in [0.29, 0.717) is 29.1 Å². The summed E-state index contributed by atoms with van der Waals surface area (Å²) in [6.45, 7) is 2.44. The molecule has 0 aliphatic heterocycles. The van der Waals surface area contributed by atoms with Crippen molar-refractivity contribution in [2.45, 2.75) is 19.8 Å². The van der Waals surface area contributed by atoms with Gasteiger partial charge in [0.25, 0.3) is 5.91 Å². The molecule has 0 aliphatic carbocycles. The van der Waals surface area contributed by atoms with Crippen LogP contribution in [0.5, 0.6) is 0 Å². The molecule has 1 N–H and O–H groups in total. The molecular formula is C19H19N5O3. The third kappa shape index (κ3) is 4.75. The van der Waals surface area contributed by atoms with Crippen molar-refractivity contribution in [3.63, 3.8) is 0 Å². The number of nitrogens with one attached hydrogen (secondary N) is 1. The fourth-order valence-electron chi connectivity index (χ4n) is 2.35. The summed E-state index contributed by atoms with van der Waals surface area (Å²) in [6, 6.07) is 13.5. The number of nitrogens with zero attached hydrogens (tertiary/aromatic N) is 4. The zero-order chi connectivity index (χ0) is 19.1. The van der Waals surface area contributed by atoms with Crippen LogP contribution in [0.1, 0.15) is 40.5 Å². The number of unbranched alkanes of at least 4 members (excludes halogenated alkanes) is 1. The summed E-state index contributed by atoms with van der Waals surface area (Å²) in [5.41, 5.74) is 2.17. The van der Waals surface area contributed by atoms with Crippen LogP contribution in [0.15, 0.2) is 54.9 Å². The van der Waals surface area contributed by atoms with E-state index < -0.39 is 0 Å². The van der Waals surface area contributed by atoms with Crippen LogP contribution in [0.2, 0.25) is 0 Å². The number of hydrogen-bond donors (Lipinski definition) is 1. The maximum atomic E-state index is 12.5. The molecule has 1 heterocycles. The molecule has 3 rings (SSSR count). The van der Waals surface area contributed by atoms with Gasteiger partial charge in [-0.2, -0.15) is 0 Å². The maximum Gasteiger partial charge on any atom is 0.338 e. The second-order valence-electron chi connectivity index (χ2n) is 5.83. The van der Waals surface area contributed by atoms with Gasteiger partial charge in [-0.05, 0) is 59.3 Å². The van der Waals surface area contributed by atoms with Gasteiger partial charge < -0.3 is 10.1 Å². The average Bonchev–Trinajstić information content (AvgIpc) is 3.24. The molecule has 0 radical (unpaired) electrons. The van der Waals surface area contributed by atoms with Crippen LogP contribution in [-0.2, 0) is 4.74 Å². The van der Waals surface area contributed by atoms with Gasteiger partial charge in [0.15, 0.2) is 0 Å². The number of hydrogen-bond acceptors (Lipinski definition) is 6. The van der Waals surface area contributed by atoms with E-state index in [0.717, 1.165) is 12.8 Å². The van der Waals surface area contributed by atoms with Crippen LogP contribution in [0.4, 0.5) is 5.69 Å². The molecule has 0 spiro atoms. The van der Waals surface area contributed by atoms with E-state index in [1.165, 1.54) is 11.0 Å². The highest BCUT2D eigenvalue weighted by molar-refractivity contribution is 6.04. The number of anilines is 1. The smallest absolute Gasteiger partial charge is 0.338 e. The number of carbonyl (C=O) groups is 2. The van der Waals surface area contributed by atoms with E-state index in [-0.39, 0.29) is 11.9 Å². The van der Waals surface area contributed by atoms with Gasteiger partial charge in [-0.1, -0.05) is 19.4 Å². The minimum Gasteiger partial charge on any atom is -0.462 e. The first-order valence-corrected chi connectivity index (χ1v) is 8.59. The predicted molar refractivity (Wildman–Crippen MR) is 98.7 cm³/mol. The van der Waals surface area contributed by atoms with Crippen LogP contribution in [-0.4, -0.2) is 38.7 Å². The van der Waals surface area contributed by atoms with Crippen LogP contribution in [0.25, 0.3) is 5.69 Å². The Morgan fingerprint density at radius 2 is 1.93 bits per heavy atom. The van der Waals surface area contributed by atoms with Crippen LogP contribution < -0.4 is 5.32 Å². The molecule has 0 fully saturated rings. The lowest BCUT2D eigenvalue weighted by atomic mass is 10.1. The Morgan fingerprint density at radius 1 is 1.11 bits per heavy atom. The van der Waals surface area contributed by atoms with Crippen molar-refractivity contribution in [3.05, 3.63) is 66.0 Å². The van der Waals surface area contributed by atoms with E-state index in [1.54, 1.807) is 48.5 Å². The highest BCUT2D eigenvalue weighted by Crippen LogP contribution is 2.14. The zero-order valence-electron chi connectivity index (χ0n) is 14.8. The summed E-state index contributed by atoms with van der Waals surface area (Å²) in [7, 11) is 0. The number of amides is 1. The van der Waals surface area contributed by atoms with Gasteiger partial charge >= 0.3 is 5.97 Å². The standard InChI is InChI=1S/C19H19N5O3/c1-2-3-11-27-19(26)14-7-9-16(10-8-14)21-18(25)15-5-4-6-17(12-15)24-13-20-22-23-24/h4-10,12-13H,2-3,11H2,1H3,(H,21,25). The van der Waals surface area contributed by atoms with Gasteiger partial charge in [-0.15, -0.1) is 5.10 Å². The van der Waals surface area contributed by atoms with Crippen LogP contribution >= 0.6 is 0 Å². The van der Waals surface area contributed by atoms with E-state index in [2.05, 4.69) is 20.8 Å². The van der Waals surface area contributed by atoms with Gasteiger partial charge in [0.05, 0.1) is 17.9 Å². The first kappa shape index (κ1) is 18.2.